The van der Waals surface area contributed by atoms with Crippen LogP contribution < -0.4 is 48.8 Å². The lowest BCUT2D eigenvalue weighted by Gasteiger charge is -2.11. The van der Waals surface area contributed by atoms with Crippen molar-refractivity contribution in [3.63, 3.8) is 0 Å². The summed E-state index contributed by atoms with van der Waals surface area (Å²) in [7, 11) is 12.3. The number of methoxy groups -OCH3 is 8. The molecule has 260 valence electrons. The van der Waals surface area contributed by atoms with Crippen LogP contribution in [-0.2, 0) is 0 Å². The van der Waals surface area contributed by atoms with E-state index >= 15 is 0 Å². The molecule has 0 bridgehead atoms. The summed E-state index contributed by atoms with van der Waals surface area (Å²) in [5.41, 5.74) is 1.75. The minimum atomic E-state index is -0.203. The Labute approximate surface area is 287 Å². The highest BCUT2D eigenvalue weighted by Crippen LogP contribution is 2.37. The van der Waals surface area contributed by atoms with E-state index in [0.29, 0.717) is 90.6 Å². The third-order valence-electron chi connectivity index (χ3n) is 7.78. The number of fused-ring (bicyclic) bond motifs is 2. The van der Waals surface area contributed by atoms with Gasteiger partial charge in [0.15, 0.2) is 33.9 Å². The quantitative estimate of drug-likeness (QED) is 0.147. The molecular formula is C38H36O12. The fourth-order valence-corrected chi connectivity index (χ4v) is 5.28. The lowest BCUT2D eigenvalue weighted by molar-refractivity contribution is 0.355. The van der Waals surface area contributed by atoms with Gasteiger partial charge in [0.2, 0.25) is 0 Å². The van der Waals surface area contributed by atoms with Crippen LogP contribution in [0.5, 0.6) is 46.0 Å². The minimum Gasteiger partial charge on any atom is -0.496 e. The van der Waals surface area contributed by atoms with Crippen LogP contribution in [0.3, 0.4) is 0 Å². The van der Waals surface area contributed by atoms with Gasteiger partial charge < -0.3 is 46.7 Å². The number of benzene rings is 4. The Kier molecular flexibility index (Phi) is 10.7. The molecule has 6 rings (SSSR count). The number of hydrogen-bond acceptors (Lipinski definition) is 12. The predicted molar refractivity (Wildman–Crippen MR) is 188 cm³/mol. The van der Waals surface area contributed by atoms with Gasteiger partial charge in [-0.15, -0.1) is 0 Å². The second-order valence-corrected chi connectivity index (χ2v) is 10.5. The zero-order valence-electron chi connectivity index (χ0n) is 28.8. The summed E-state index contributed by atoms with van der Waals surface area (Å²) in [5.74, 6) is 4.99. The van der Waals surface area contributed by atoms with Crippen LogP contribution >= 0.6 is 0 Å². The van der Waals surface area contributed by atoms with E-state index in [2.05, 4.69) is 0 Å². The Morgan fingerprint density at radius 3 is 1.06 bits per heavy atom. The lowest BCUT2D eigenvalue weighted by atomic mass is 10.1. The highest BCUT2D eigenvalue weighted by Gasteiger charge is 2.17. The summed E-state index contributed by atoms with van der Waals surface area (Å²) in [6.45, 7) is 0. The van der Waals surface area contributed by atoms with E-state index in [1.165, 1.54) is 40.6 Å². The first-order chi connectivity index (χ1) is 24.2. The summed E-state index contributed by atoms with van der Waals surface area (Å²) in [4.78, 5) is 25.2. The van der Waals surface area contributed by atoms with E-state index in [1.54, 1.807) is 89.1 Å². The molecule has 0 spiro atoms. The van der Waals surface area contributed by atoms with Crippen molar-refractivity contribution in [1.82, 2.24) is 0 Å². The first kappa shape index (κ1) is 35.0. The van der Waals surface area contributed by atoms with Crippen molar-refractivity contribution in [1.29, 1.82) is 0 Å². The molecule has 6 aromatic rings. The minimum absolute atomic E-state index is 0.203. The molecule has 50 heavy (non-hydrogen) atoms. The first-order valence-electron chi connectivity index (χ1n) is 15.1. The normalized spacial score (nSPS) is 10.6. The molecule has 0 atom stereocenters. The van der Waals surface area contributed by atoms with Crippen molar-refractivity contribution in [3.8, 4) is 68.6 Å². The molecular weight excluding hydrogens is 648 g/mol. The van der Waals surface area contributed by atoms with Crippen LogP contribution in [0.4, 0.5) is 0 Å². The summed E-state index contributed by atoms with van der Waals surface area (Å²) in [6.07, 6.45) is 0. The Hall–Kier alpha value is -6.30. The average molecular weight is 685 g/mol. The van der Waals surface area contributed by atoms with Crippen LogP contribution in [0.25, 0.3) is 44.6 Å². The van der Waals surface area contributed by atoms with E-state index in [1.807, 2.05) is 0 Å². The van der Waals surface area contributed by atoms with Crippen LogP contribution in [0.2, 0.25) is 0 Å². The Bertz CT molecular complexity index is 2110. The van der Waals surface area contributed by atoms with E-state index in [0.717, 1.165) is 0 Å². The second-order valence-electron chi connectivity index (χ2n) is 10.5. The van der Waals surface area contributed by atoms with Gasteiger partial charge in [-0.1, -0.05) is 0 Å². The van der Waals surface area contributed by atoms with E-state index in [4.69, 9.17) is 46.7 Å². The van der Waals surface area contributed by atoms with Gasteiger partial charge in [-0.2, -0.15) is 0 Å². The molecule has 4 aromatic carbocycles. The Balaban J connectivity index is 0.000000194. The van der Waals surface area contributed by atoms with Crippen molar-refractivity contribution in [2.24, 2.45) is 0 Å². The van der Waals surface area contributed by atoms with Gasteiger partial charge in [-0.25, -0.2) is 0 Å². The van der Waals surface area contributed by atoms with Gasteiger partial charge in [-0.05, 0) is 36.4 Å². The van der Waals surface area contributed by atoms with Crippen molar-refractivity contribution in [2.45, 2.75) is 0 Å². The van der Waals surface area contributed by atoms with Crippen molar-refractivity contribution < 1.29 is 46.7 Å². The molecule has 0 saturated heterocycles. The largest absolute Gasteiger partial charge is 0.496 e. The van der Waals surface area contributed by atoms with Gasteiger partial charge in [0.25, 0.3) is 0 Å². The maximum atomic E-state index is 12.6. The van der Waals surface area contributed by atoms with E-state index in [-0.39, 0.29) is 10.9 Å². The first-order valence-corrected chi connectivity index (χ1v) is 15.1. The monoisotopic (exact) mass is 684 g/mol. The molecule has 2 aromatic heterocycles. The maximum absolute atomic E-state index is 12.6. The fraction of sp³-hybridized carbons (Fsp3) is 0.211. The topological polar surface area (TPSA) is 134 Å². The van der Waals surface area contributed by atoms with Crippen LogP contribution in [0.15, 0.2) is 91.2 Å². The van der Waals surface area contributed by atoms with Crippen molar-refractivity contribution >= 4 is 21.9 Å². The molecule has 0 fully saturated rings. The number of hydrogen-bond donors (Lipinski definition) is 0. The van der Waals surface area contributed by atoms with Crippen LogP contribution in [0.1, 0.15) is 0 Å². The smallest absolute Gasteiger partial charge is 0.197 e. The Morgan fingerprint density at radius 1 is 0.380 bits per heavy atom. The third-order valence-corrected chi connectivity index (χ3v) is 7.78. The zero-order chi connectivity index (χ0) is 35.9. The summed E-state index contributed by atoms with van der Waals surface area (Å²) >= 11 is 0. The molecule has 0 aliphatic carbocycles. The highest BCUT2D eigenvalue weighted by molar-refractivity contribution is 5.87. The lowest BCUT2D eigenvalue weighted by Crippen LogP contribution is -2.03. The Morgan fingerprint density at radius 2 is 0.740 bits per heavy atom. The molecule has 0 aliphatic heterocycles. The highest BCUT2D eigenvalue weighted by atomic mass is 16.5. The maximum Gasteiger partial charge on any atom is 0.197 e. The van der Waals surface area contributed by atoms with Gasteiger partial charge in [0.1, 0.15) is 56.5 Å². The summed E-state index contributed by atoms with van der Waals surface area (Å²) in [6, 6.07) is 20.1. The molecule has 2 heterocycles. The van der Waals surface area contributed by atoms with Gasteiger partial charge in [0.05, 0.1) is 56.9 Å². The third kappa shape index (κ3) is 6.95. The molecule has 12 heteroatoms. The number of ether oxygens (including phenoxy) is 8. The molecule has 12 nitrogen and oxygen atoms in total. The molecule has 0 unspecified atom stereocenters. The van der Waals surface area contributed by atoms with Crippen molar-refractivity contribution in [2.75, 3.05) is 56.9 Å². The molecule has 0 saturated carbocycles. The molecule has 0 aliphatic rings. The number of rotatable bonds is 10. The summed E-state index contributed by atoms with van der Waals surface area (Å²) < 4.78 is 54.0. The van der Waals surface area contributed by atoms with Crippen LogP contribution in [-0.4, -0.2) is 56.9 Å². The van der Waals surface area contributed by atoms with E-state index in [9.17, 15) is 9.59 Å². The second kappa shape index (κ2) is 15.3. The fourth-order valence-electron chi connectivity index (χ4n) is 5.28. The molecule has 0 amide bonds. The molecule has 0 N–H and O–H groups in total. The van der Waals surface area contributed by atoms with Gasteiger partial charge in [0, 0.05) is 47.5 Å². The van der Waals surface area contributed by atoms with Crippen molar-refractivity contribution in [3.05, 3.63) is 93.2 Å². The average Bonchev–Trinajstić information content (AvgIpc) is 3.16. The van der Waals surface area contributed by atoms with Gasteiger partial charge in [-0.3, -0.25) is 9.59 Å². The SMILES string of the molecule is COc1cc(OC)c2c(=O)cc(-c3ccc(OC)c(OC)c3)oc2c1.COc1cc(OC)c2c(=O)cc(-c3ccc(OC)c(OC)c3)oc2c1. The zero-order valence-corrected chi connectivity index (χ0v) is 28.8. The van der Waals surface area contributed by atoms with Gasteiger partial charge >= 0.3 is 0 Å². The van der Waals surface area contributed by atoms with Crippen LogP contribution in [0, 0.1) is 0 Å². The van der Waals surface area contributed by atoms with E-state index < -0.39 is 0 Å². The molecule has 0 radical (unpaired) electrons. The predicted octanol–water partition coefficient (Wildman–Crippen LogP) is 6.99. The summed E-state index contributed by atoms with van der Waals surface area (Å²) in [5, 5.41) is 0.736. The standard InChI is InChI=1S/2C19H18O6/c2*1-21-12-8-17(24-4)19-13(20)10-15(25-18(19)9-12)11-5-6-14(22-2)16(7-11)23-3/h2*5-10H,1-4H3.